The van der Waals surface area contributed by atoms with E-state index in [4.69, 9.17) is 9.47 Å². The molecule has 0 fully saturated rings. The fourth-order valence-corrected chi connectivity index (χ4v) is 3.92. The molecule has 1 amide bonds. The van der Waals surface area contributed by atoms with Gasteiger partial charge in [0, 0.05) is 11.8 Å². The summed E-state index contributed by atoms with van der Waals surface area (Å²) in [6.45, 7) is 8.27. The molecule has 0 spiro atoms. The molecule has 0 aliphatic carbocycles. The smallest absolute Gasteiger partial charge is 0.254 e. The summed E-state index contributed by atoms with van der Waals surface area (Å²) in [5, 5.41) is 3.17. The second-order valence-corrected chi connectivity index (χ2v) is 7.85. The summed E-state index contributed by atoms with van der Waals surface area (Å²) in [6, 6.07) is 6.98. The highest BCUT2D eigenvalue weighted by atomic mass is 16.7. The zero-order valence-electron chi connectivity index (χ0n) is 18.4. The average Bonchev–Trinajstić information content (AvgIpc) is 3.22. The van der Waals surface area contributed by atoms with Gasteiger partial charge in [0.2, 0.25) is 12.7 Å². The molecule has 1 unspecified atom stereocenters. The molecule has 1 N–H and O–H groups in total. The third-order valence-corrected chi connectivity index (χ3v) is 5.63. The largest absolute Gasteiger partial charge is 0.454 e. The molecule has 0 saturated carbocycles. The van der Waals surface area contributed by atoms with Gasteiger partial charge in [-0.25, -0.2) is 0 Å². The lowest BCUT2D eigenvalue weighted by Gasteiger charge is -2.24. The standard InChI is InChI=1S/C24H32N2O4/c1-5-8-9-20(26-14-16(4)12-17(6-2)24(26)28)23(27)25-19(7-3)18-10-11-21-22(13-18)30-15-29-21/h10-14,19-20H,5-9,15H2,1-4H3,(H,25,27)/t19-,20?/m0/s1. The van der Waals surface area contributed by atoms with Crippen LogP contribution >= 0.6 is 0 Å². The van der Waals surface area contributed by atoms with E-state index in [1.807, 2.05) is 51.2 Å². The number of pyridine rings is 1. The third kappa shape index (κ3) is 4.69. The Balaban J connectivity index is 1.88. The van der Waals surface area contributed by atoms with E-state index in [2.05, 4.69) is 12.2 Å². The Morgan fingerprint density at radius 3 is 2.63 bits per heavy atom. The molecule has 1 aliphatic rings. The van der Waals surface area contributed by atoms with Gasteiger partial charge in [-0.05, 0) is 55.5 Å². The molecule has 1 aliphatic heterocycles. The minimum absolute atomic E-state index is 0.0736. The Labute approximate surface area is 178 Å². The molecule has 162 valence electrons. The predicted molar refractivity (Wildman–Crippen MR) is 117 cm³/mol. The summed E-state index contributed by atoms with van der Waals surface area (Å²) in [5.74, 6) is 1.30. The molecule has 6 heteroatoms. The number of amides is 1. The van der Waals surface area contributed by atoms with Crippen LogP contribution in [0.4, 0.5) is 0 Å². The first kappa shape index (κ1) is 21.9. The molecule has 1 aromatic carbocycles. The molecule has 30 heavy (non-hydrogen) atoms. The van der Waals surface area contributed by atoms with E-state index in [0.717, 1.165) is 41.7 Å². The molecule has 0 saturated heterocycles. The number of aryl methyl sites for hydroxylation is 2. The third-order valence-electron chi connectivity index (χ3n) is 5.63. The van der Waals surface area contributed by atoms with Crippen LogP contribution in [0.5, 0.6) is 11.5 Å². The number of unbranched alkanes of at least 4 members (excludes halogenated alkanes) is 1. The van der Waals surface area contributed by atoms with Crippen molar-refractivity contribution in [3.8, 4) is 11.5 Å². The van der Waals surface area contributed by atoms with Crippen molar-refractivity contribution < 1.29 is 14.3 Å². The van der Waals surface area contributed by atoms with Gasteiger partial charge < -0.3 is 19.4 Å². The Hall–Kier alpha value is -2.76. The lowest BCUT2D eigenvalue weighted by Crippen LogP contribution is -2.39. The number of nitrogens with one attached hydrogen (secondary N) is 1. The van der Waals surface area contributed by atoms with E-state index >= 15 is 0 Å². The molecule has 0 radical (unpaired) electrons. The van der Waals surface area contributed by atoms with E-state index in [-0.39, 0.29) is 24.3 Å². The fourth-order valence-electron chi connectivity index (χ4n) is 3.92. The van der Waals surface area contributed by atoms with Gasteiger partial charge in [0.1, 0.15) is 6.04 Å². The first-order chi connectivity index (χ1) is 14.5. The van der Waals surface area contributed by atoms with E-state index < -0.39 is 6.04 Å². The monoisotopic (exact) mass is 412 g/mol. The van der Waals surface area contributed by atoms with Gasteiger partial charge in [-0.15, -0.1) is 0 Å². The van der Waals surface area contributed by atoms with Crippen LogP contribution < -0.4 is 20.3 Å². The van der Waals surface area contributed by atoms with Crippen molar-refractivity contribution in [1.29, 1.82) is 0 Å². The minimum atomic E-state index is -0.522. The van der Waals surface area contributed by atoms with Crippen LogP contribution in [-0.4, -0.2) is 17.3 Å². The van der Waals surface area contributed by atoms with Crippen LogP contribution in [0.15, 0.2) is 35.3 Å². The number of rotatable bonds is 9. The maximum absolute atomic E-state index is 13.4. The number of ether oxygens (including phenoxy) is 2. The summed E-state index contributed by atoms with van der Waals surface area (Å²) in [4.78, 5) is 26.3. The lowest BCUT2D eigenvalue weighted by atomic mass is 10.0. The SMILES string of the molecule is CCCCC(C(=O)N[C@@H](CC)c1ccc2c(c1)OCO2)n1cc(C)cc(CC)c1=O. The number of aromatic nitrogens is 1. The van der Waals surface area contributed by atoms with E-state index in [9.17, 15) is 9.59 Å². The highest BCUT2D eigenvalue weighted by Crippen LogP contribution is 2.35. The molecule has 6 nitrogen and oxygen atoms in total. The Morgan fingerprint density at radius 1 is 1.17 bits per heavy atom. The van der Waals surface area contributed by atoms with Crippen LogP contribution in [0, 0.1) is 6.92 Å². The Morgan fingerprint density at radius 2 is 1.93 bits per heavy atom. The highest BCUT2D eigenvalue weighted by Gasteiger charge is 2.25. The van der Waals surface area contributed by atoms with Crippen molar-refractivity contribution in [2.75, 3.05) is 6.79 Å². The number of nitrogens with zero attached hydrogens (tertiary/aromatic N) is 1. The fraction of sp³-hybridized carbons (Fsp3) is 0.500. The van der Waals surface area contributed by atoms with Crippen molar-refractivity contribution in [2.45, 2.75) is 71.9 Å². The summed E-state index contributed by atoms with van der Waals surface area (Å²) >= 11 is 0. The molecule has 2 aromatic rings. The van der Waals surface area contributed by atoms with Crippen molar-refractivity contribution in [3.05, 3.63) is 57.5 Å². The van der Waals surface area contributed by atoms with Gasteiger partial charge in [0.15, 0.2) is 11.5 Å². The molecule has 2 heterocycles. The minimum Gasteiger partial charge on any atom is -0.454 e. The first-order valence-electron chi connectivity index (χ1n) is 10.9. The number of benzene rings is 1. The Kier molecular flexibility index (Phi) is 7.19. The van der Waals surface area contributed by atoms with Gasteiger partial charge >= 0.3 is 0 Å². The van der Waals surface area contributed by atoms with Crippen molar-refractivity contribution >= 4 is 5.91 Å². The molecule has 1 aromatic heterocycles. The normalized spacial score (nSPS) is 14.4. The topological polar surface area (TPSA) is 69.6 Å². The van der Waals surface area contributed by atoms with E-state index in [1.54, 1.807) is 4.57 Å². The van der Waals surface area contributed by atoms with Crippen LogP contribution in [0.25, 0.3) is 0 Å². The van der Waals surface area contributed by atoms with Gasteiger partial charge in [0.05, 0.1) is 6.04 Å². The number of carbonyl (C=O) groups is 1. The second-order valence-electron chi connectivity index (χ2n) is 7.85. The van der Waals surface area contributed by atoms with Crippen molar-refractivity contribution in [2.24, 2.45) is 0 Å². The summed E-state index contributed by atoms with van der Waals surface area (Å²) in [6.07, 6.45) is 5.66. The zero-order chi connectivity index (χ0) is 21.7. The van der Waals surface area contributed by atoms with Gasteiger partial charge in [-0.1, -0.05) is 39.7 Å². The lowest BCUT2D eigenvalue weighted by molar-refractivity contribution is -0.125. The number of fused-ring (bicyclic) bond motifs is 1. The highest BCUT2D eigenvalue weighted by molar-refractivity contribution is 5.80. The maximum atomic E-state index is 13.4. The van der Waals surface area contributed by atoms with Gasteiger partial charge in [-0.3, -0.25) is 9.59 Å². The summed E-state index contributed by atoms with van der Waals surface area (Å²) < 4.78 is 12.5. The quantitative estimate of drug-likeness (QED) is 0.661. The molecular formula is C24H32N2O4. The van der Waals surface area contributed by atoms with Crippen LogP contribution in [-0.2, 0) is 11.2 Å². The number of carbonyl (C=O) groups excluding carboxylic acids is 1. The molecule has 2 atom stereocenters. The second kappa shape index (κ2) is 9.83. The summed E-state index contributed by atoms with van der Waals surface area (Å²) in [7, 11) is 0. The molecule has 3 rings (SSSR count). The van der Waals surface area contributed by atoms with E-state index in [1.165, 1.54) is 0 Å². The Bertz CT molecular complexity index is 951. The van der Waals surface area contributed by atoms with Gasteiger partial charge in [0.25, 0.3) is 5.56 Å². The maximum Gasteiger partial charge on any atom is 0.254 e. The van der Waals surface area contributed by atoms with Crippen molar-refractivity contribution in [1.82, 2.24) is 9.88 Å². The summed E-state index contributed by atoms with van der Waals surface area (Å²) in [5.41, 5.74) is 2.63. The van der Waals surface area contributed by atoms with Crippen molar-refractivity contribution in [3.63, 3.8) is 0 Å². The number of hydrogen-bond donors (Lipinski definition) is 1. The van der Waals surface area contributed by atoms with Crippen LogP contribution in [0.2, 0.25) is 0 Å². The first-order valence-corrected chi connectivity index (χ1v) is 10.9. The van der Waals surface area contributed by atoms with E-state index in [0.29, 0.717) is 18.6 Å². The molecular weight excluding hydrogens is 380 g/mol. The predicted octanol–water partition coefficient (Wildman–Crippen LogP) is 4.45. The molecule has 0 bridgehead atoms. The average molecular weight is 413 g/mol. The number of hydrogen-bond acceptors (Lipinski definition) is 4. The van der Waals surface area contributed by atoms with Crippen LogP contribution in [0.1, 0.15) is 75.2 Å². The van der Waals surface area contributed by atoms with Crippen LogP contribution in [0.3, 0.4) is 0 Å². The van der Waals surface area contributed by atoms with Gasteiger partial charge in [-0.2, -0.15) is 0 Å². The zero-order valence-corrected chi connectivity index (χ0v) is 18.4.